The summed E-state index contributed by atoms with van der Waals surface area (Å²) in [5, 5.41) is 13.4. The van der Waals surface area contributed by atoms with E-state index in [1.54, 1.807) is 19.3 Å². The Kier molecular flexibility index (Phi) is 4.23. The molecule has 3 aromatic heterocycles. The molecule has 9 heteroatoms. The van der Waals surface area contributed by atoms with Gasteiger partial charge in [-0.3, -0.25) is 9.59 Å². The molecular weight excluding hydrogens is 356 g/mol. The van der Waals surface area contributed by atoms with E-state index in [9.17, 15) is 9.59 Å². The first-order valence-electron chi connectivity index (χ1n) is 8.39. The van der Waals surface area contributed by atoms with Gasteiger partial charge in [-0.05, 0) is 32.3 Å². The molecule has 8 nitrogen and oxygen atoms in total. The largest absolute Gasteiger partial charge is 0.463 e. The van der Waals surface area contributed by atoms with Crippen molar-refractivity contribution in [1.82, 2.24) is 20.9 Å². The fourth-order valence-corrected chi connectivity index (χ4v) is 3.96. The molecular formula is C17H18N4O4S. The third-order valence-corrected chi connectivity index (χ3v) is 5.82. The fraction of sp³-hybridized carbons (Fsp3) is 0.412. The van der Waals surface area contributed by atoms with Crippen LogP contribution in [0.25, 0.3) is 10.3 Å². The molecule has 1 fully saturated rings. The highest BCUT2D eigenvalue weighted by atomic mass is 32.1. The van der Waals surface area contributed by atoms with Crippen LogP contribution in [0.5, 0.6) is 0 Å². The van der Waals surface area contributed by atoms with Crippen LogP contribution in [0.2, 0.25) is 0 Å². The summed E-state index contributed by atoms with van der Waals surface area (Å²) in [7, 11) is 0. The first-order valence-corrected chi connectivity index (χ1v) is 9.21. The highest BCUT2D eigenvalue weighted by Gasteiger charge is 2.39. The summed E-state index contributed by atoms with van der Waals surface area (Å²) in [5.41, 5.74) is 1.46. The van der Waals surface area contributed by atoms with Crippen LogP contribution < -0.4 is 10.6 Å². The minimum Gasteiger partial charge on any atom is -0.463 e. The number of hydrogen-bond acceptors (Lipinski definition) is 7. The second-order valence-electron chi connectivity index (χ2n) is 6.60. The maximum absolute atomic E-state index is 12.4. The predicted molar refractivity (Wildman–Crippen MR) is 93.9 cm³/mol. The number of nitrogens with zero attached hydrogens (tertiary/aromatic N) is 2. The van der Waals surface area contributed by atoms with E-state index in [-0.39, 0.29) is 18.2 Å². The zero-order valence-corrected chi connectivity index (χ0v) is 15.0. The van der Waals surface area contributed by atoms with Gasteiger partial charge in [-0.2, -0.15) is 0 Å². The quantitative estimate of drug-likeness (QED) is 0.684. The van der Waals surface area contributed by atoms with E-state index in [1.807, 2.05) is 6.07 Å². The molecule has 3 heterocycles. The molecule has 1 saturated carbocycles. The number of nitrogens with one attached hydrogen (secondary N) is 2. The Morgan fingerprint density at radius 1 is 1.35 bits per heavy atom. The lowest BCUT2D eigenvalue weighted by molar-refractivity contribution is -0.123. The number of thiophene rings is 1. The van der Waals surface area contributed by atoms with Gasteiger partial charge in [-0.15, -0.1) is 11.3 Å². The summed E-state index contributed by atoms with van der Waals surface area (Å²) in [4.78, 5) is 25.3. The normalized spacial score (nSPS) is 15.6. The Hall–Kier alpha value is -2.68. The van der Waals surface area contributed by atoms with Crippen LogP contribution in [0.1, 0.15) is 40.3 Å². The maximum Gasteiger partial charge on any atom is 0.261 e. The summed E-state index contributed by atoms with van der Waals surface area (Å²) in [6, 6.07) is 3.58. The van der Waals surface area contributed by atoms with Gasteiger partial charge in [0.1, 0.15) is 17.0 Å². The number of carbonyl (C=O) groups excluding carboxylic acids is 2. The van der Waals surface area contributed by atoms with E-state index in [0.29, 0.717) is 28.4 Å². The molecule has 0 unspecified atom stereocenters. The number of hydrogen-bond donors (Lipinski definition) is 2. The minimum absolute atomic E-state index is 0.117. The summed E-state index contributed by atoms with van der Waals surface area (Å²) < 4.78 is 10.9. The third kappa shape index (κ3) is 3.22. The number of carbonyl (C=O) groups is 2. The molecule has 1 aliphatic rings. The van der Waals surface area contributed by atoms with Gasteiger partial charge in [-0.25, -0.2) is 4.63 Å². The van der Waals surface area contributed by atoms with Crippen LogP contribution in [-0.4, -0.2) is 34.2 Å². The summed E-state index contributed by atoms with van der Waals surface area (Å²) in [6.07, 6.45) is 4.41. The molecule has 0 aromatic carbocycles. The van der Waals surface area contributed by atoms with Crippen molar-refractivity contribution in [2.24, 2.45) is 0 Å². The average molecular weight is 374 g/mol. The van der Waals surface area contributed by atoms with Crippen molar-refractivity contribution < 1.29 is 18.6 Å². The van der Waals surface area contributed by atoms with E-state index in [2.05, 4.69) is 25.6 Å². The standard InChI is InChI=1S/C17H18N4O4S/c1-10-11(21-25-20-10)7-15(22)19-17(4-2-5-17)9-18-16(23)14-8-12-13(26-14)3-6-24-12/h3,6,8H,2,4-5,7,9H2,1H3,(H,18,23)(H,19,22). The molecule has 2 amide bonds. The zero-order chi connectivity index (χ0) is 18.1. The van der Waals surface area contributed by atoms with E-state index in [1.165, 1.54) is 11.3 Å². The molecule has 0 bridgehead atoms. The summed E-state index contributed by atoms with van der Waals surface area (Å²) in [5.74, 6) is -0.301. The molecule has 2 N–H and O–H groups in total. The summed E-state index contributed by atoms with van der Waals surface area (Å²) >= 11 is 1.39. The number of aromatic nitrogens is 2. The molecule has 0 aliphatic heterocycles. The van der Waals surface area contributed by atoms with Crippen LogP contribution in [-0.2, 0) is 11.2 Å². The van der Waals surface area contributed by atoms with Crippen molar-refractivity contribution in [2.45, 2.75) is 38.1 Å². The SMILES string of the molecule is Cc1nonc1CC(=O)NC1(CNC(=O)c2cc3occc3s2)CCC1. The van der Waals surface area contributed by atoms with Gasteiger partial charge in [0.05, 0.1) is 27.8 Å². The molecule has 0 saturated heterocycles. The van der Waals surface area contributed by atoms with Gasteiger partial charge < -0.3 is 15.1 Å². The lowest BCUT2D eigenvalue weighted by atomic mass is 9.76. The van der Waals surface area contributed by atoms with Gasteiger partial charge in [0.25, 0.3) is 5.91 Å². The number of fused-ring (bicyclic) bond motifs is 1. The van der Waals surface area contributed by atoms with Gasteiger partial charge >= 0.3 is 0 Å². The Morgan fingerprint density at radius 2 is 2.19 bits per heavy atom. The van der Waals surface area contributed by atoms with Gasteiger partial charge in [0, 0.05) is 12.6 Å². The van der Waals surface area contributed by atoms with Gasteiger partial charge in [-0.1, -0.05) is 10.3 Å². The number of aryl methyl sites for hydroxylation is 1. The minimum atomic E-state index is -0.395. The van der Waals surface area contributed by atoms with E-state index in [4.69, 9.17) is 4.42 Å². The first-order chi connectivity index (χ1) is 12.5. The average Bonchev–Trinajstić information content (AvgIpc) is 3.26. The van der Waals surface area contributed by atoms with Gasteiger partial charge in [0.15, 0.2) is 0 Å². The molecule has 0 atom stereocenters. The van der Waals surface area contributed by atoms with Crippen molar-refractivity contribution in [3.63, 3.8) is 0 Å². The van der Waals surface area contributed by atoms with Crippen LogP contribution in [0, 0.1) is 6.92 Å². The van der Waals surface area contributed by atoms with Crippen LogP contribution in [0.4, 0.5) is 0 Å². The van der Waals surface area contributed by atoms with Crippen molar-refractivity contribution >= 4 is 33.4 Å². The van der Waals surface area contributed by atoms with Crippen molar-refractivity contribution in [2.75, 3.05) is 6.54 Å². The van der Waals surface area contributed by atoms with E-state index < -0.39 is 5.54 Å². The maximum atomic E-state index is 12.4. The van der Waals surface area contributed by atoms with Crippen LogP contribution in [0.3, 0.4) is 0 Å². The lowest BCUT2D eigenvalue weighted by Crippen LogP contribution is -2.60. The second-order valence-corrected chi connectivity index (χ2v) is 7.68. The number of furan rings is 1. The van der Waals surface area contributed by atoms with Crippen molar-refractivity contribution in [3.8, 4) is 0 Å². The topological polar surface area (TPSA) is 110 Å². The number of amides is 2. The van der Waals surface area contributed by atoms with Gasteiger partial charge in [0.2, 0.25) is 5.91 Å². The molecule has 0 spiro atoms. The van der Waals surface area contributed by atoms with Crippen molar-refractivity contribution in [3.05, 3.63) is 34.7 Å². The fourth-order valence-electron chi connectivity index (χ4n) is 3.07. The Balaban J connectivity index is 1.35. The van der Waals surface area contributed by atoms with E-state index in [0.717, 1.165) is 24.0 Å². The Bertz CT molecular complexity index is 924. The molecule has 1 aliphatic carbocycles. The second kappa shape index (κ2) is 6.56. The smallest absolute Gasteiger partial charge is 0.261 e. The van der Waals surface area contributed by atoms with Crippen LogP contribution >= 0.6 is 11.3 Å². The molecule has 4 rings (SSSR count). The molecule has 3 aromatic rings. The first kappa shape index (κ1) is 16.8. The third-order valence-electron chi connectivity index (χ3n) is 4.74. The monoisotopic (exact) mass is 374 g/mol. The van der Waals surface area contributed by atoms with Crippen molar-refractivity contribution in [1.29, 1.82) is 0 Å². The lowest BCUT2D eigenvalue weighted by Gasteiger charge is -2.42. The molecule has 0 radical (unpaired) electrons. The molecule has 26 heavy (non-hydrogen) atoms. The zero-order valence-electron chi connectivity index (χ0n) is 14.2. The Morgan fingerprint density at radius 3 is 2.85 bits per heavy atom. The Labute approximate surface area is 152 Å². The highest BCUT2D eigenvalue weighted by molar-refractivity contribution is 7.20. The molecule has 136 valence electrons. The van der Waals surface area contributed by atoms with E-state index >= 15 is 0 Å². The highest BCUT2D eigenvalue weighted by Crippen LogP contribution is 2.32. The predicted octanol–water partition coefficient (Wildman–Crippen LogP) is 2.20. The van der Waals surface area contributed by atoms with Crippen LogP contribution in [0.15, 0.2) is 27.4 Å². The summed E-state index contributed by atoms with van der Waals surface area (Å²) in [6.45, 7) is 2.14. The number of rotatable bonds is 6.